The Balaban J connectivity index is 0.00000480. The summed E-state index contributed by atoms with van der Waals surface area (Å²) < 4.78 is 23.6. The summed E-state index contributed by atoms with van der Waals surface area (Å²) in [6.45, 7) is 2.94. The molecule has 1 amide bonds. The number of carbonyl (C=O) groups excluding carboxylic acids is 1. The Labute approximate surface area is 202 Å². The van der Waals surface area contributed by atoms with Gasteiger partial charge in [0.05, 0.1) is 18.0 Å². The molecule has 2 N–H and O–H groups in total. The van der Waals surface area contributed by atoms with Gasteiger partial charge >= 0.3 is 0 Å². The maximum absolute atomic E-state index is 11.9. The summed E-state index contributed by atoms with van der Waals surface area (Å²) in [5, 5.41) is 6.31. The van der Waals surface area contributed by atoms with Crippen LogP contribution in [0.15, 0.2) is 58.4 Å². The lowest BCUT2D eigenvalue weighted by molar-refractivity contribution is -0.127. The molecule has 0 heterocycles. The summed E-state index contributed by atoms with van der Waals surface area (Å²) in [6.07, 6.45) is 2.03. The van der Waals surface area contributed by atoms with Crippen molar-refractivity contribution in [1.29, 1.82) is 0 Å². The molecule has 0 aliphatic heterocycles. The Hall–Kier alpha value is -2.14. The van der Waals surface area contributed by atoms with Gasteiger partial charge in [0, 0.05) is 26.9 Å². The second kappa shape index (κ2) is 12.7. The first-order chi connectivity index (χ1) is 14.2. The van der Waals surface area contributed by atoms with Crippen LogP contribution in [0.3, 0.4) is 0 Å². The molecule has 0 atom stereocenters. The lowest BCUT2D eigenvalue weighted by Gasteiger charge is -2.15. The maximum Gasteiger partial charge on any atom is 0.241 e. The molecule has 0 aliphatic rings. The third kappa shape index (κ3) is 9.26. The van der Waals surface area contributed by atoms with Crippen molar-refractivity contribution in [3.8, 4) is 0 Å². The molecule has 0 spiro atoms. The maximum atomic E-state index is 11.9. The monoisotopic (exact) mass is 558 g/mol. The van der Waals surface area contributed by atoms with Gasteiger partial charge in [-0.05, 0) is 36.1 Å². The van der Waals surface area contributed by atoms with E-state index >= 15 is 0 Å². The molecule has 170 valence electrons. The van der Waals surface area contributed by atoms with E-state index in [0.717, 1.165) is 12.0 Å². The van der Waals surface area contributed by atoms with E-state index in [0.29, 0.717) is 29.5 Å². The first-order valence-electron chi connectivity index (χ1n) is 9.72. The van der Waals surface area contributed by atoms with E-state index in [9.17, 15) is 13.2 Å². The number of rotatable bonds is 8. The first kappa shape index (κ1) is 26.9. The normalized spacial score (nSPS) is 11.4. The van der Waals surface area contributed by atoms with Gasteiger partial charge in [-0.25, -0.2) is 13.4 Å². The van der Waals surface area contributed by atoms with Crippen molar-refractivity contribution in [3.05, 3.63) is 65.2 Å². The number of aliphatic imine (C=N–C) groups is 1. The molecular formula is C22H31IN4O3S. The van der Waals surface area contributed by atoms with Crippen molar-refractivity contribution in [1.82, 2.24) is 15.5 Å². The van der Waals surface area contributed by atoms with Crippen LogP contribution in [0.5, 0.6) is 0 Å². The first-order valence-corrected chi connectivity index (χ1v) is 11.6. The van der Waals surface area contributed by atoms with Crippen molar-refractivity contribution < 1.29 is 13.2 Å². The number of hydrogen-bond acceptors (Lipinski definition) is 4. The molecule has 2 aromatic carbocycles. The Bertz CT molecular complexity index is 993. The third-order valence-corrected chi connectivity index (χ3v) is 5.77. The highest BCUT2D eigenvalue weighted by Crippen LogP contribution is 2.17. The van der Waals surface area contributed by atoms with Gasteiger partial charge < -0.3 is 15.5 Å². The Morgan fingerprint density at radius 2 is 1.71 bits per heavy atom. The molecule has 0 saturated carbocycles. The molecular weight excluding hydrogens is 527 g/mol. The fraction of sp³-hybridized carbons (Fsp3) is 0.364. The standard InChI is InChI=1S/C22H30N4O3S.HI/c1-17-14-19(10-11-20(17)30(4,28)29)15-24-22(25-16-21(27)26(2)3)23-13-12-18-8-6-5-7-9-18;/h5-11,14H,12-13,15-16H2,1-4H3,(H2,23,24,25);1H. The molecule has 0 aliphatic carbocycles. The number of amides is 1. The molecule has 0 aromatic heterocycles. The summed E-state index contributed by atoms with van der Waals surface area (Å²) >= 11 is 0. The van der Waals surface area contributed by atoms with Gasteiger partial charge in [-0.15, -0.1) is 24.0 Å². The van der Waals surface area contributed by atoms with Gasteiger partial charge in [0.25, 0.3) is 0 Å². The number of nitrogens with one attached hydrogen (secondary N) is 2. The van der Waals surface area contributed by atoms with E-state index in [1.807, 2.05) is 24.3 Å². The fourth-order valence-electron chi connectivity index (χ4n) is 2.86. The van der Waals surface area contributed by atoms with Gasteiger partial charge in [-0.3, -0.25) is 4.79 Å². The Kier molecular flexibility index (Phi) is 11.0. The fourth-order valence-corrected chi connectivity index (χ4v) is 3.82. The van der Waals surface area contributed by atoms with Crippen molar-refractivity contribution >= 4 is 45.7 Å². The van der Waals surface area contributed by atoms with E-state index in [1.165, 1.54) is 16.7 Å². The summed E-state index contributed by atoms with van der Waals surface area (Å²) in [7, 11) is 0.159. The number of guanidine groups is 1. The molecule has 0 saturated heterocycles. The number of likely N-dealkylation sites (N-methyl/N-ethyl adjacent to an activating group) is 1. The molecule has 0 radical (unpaired) electrons. The molecule has 2 rings (SSSR count). The minimum Gasteiger partial charge on any atom is -0.356 e. The molecule has 31 heavy (non-hydrogen) atoms. The van der Waals surface area contributed by atoms with Crippen LogP contribution >= 0.6 is 24.0 Å². The summed E-state index contributed by atoms with van der Waals surface area (Å²) in [4.78, 5) is 18.3. The van der Waals surface area contributed by atoms with Gasteiger partial charge in [-0.1, -0.05) is 42.5 Å². The van der Waals surface area contributed by atoms with Crippen LogP contribution < -0.4 is 10.6 Å². The lowest BCUT2D eigenvalue weighted by Crippen LogP contribution is -2.43. The highest BCUT2D eigenvalue weighted by molar-refractivity contribution is 14.0. The van der Waals surface area contributed by atoms with E-state index in [4.69, 9.17) is 0 Å². The van der Waals surface area contributed by atoms with Crippen LogP contribution in [0.2, 0.25) is 0 Å². The van der Waals surface area contributed by atoms with Crippen LogP contribution in [-0.2, 0) is 27.6 Å². The Morgan fingerprint density at radius 1 is 1.03 bits per heavy atom. The van der Waals surface area contributed by atoms with Gasteiger partial charge in [0.15, 0.2) is 15.8 Å². The van der Waals surface area contributed by atoms with E-state index in [-0.39, 0.29) is 36.4 Å². The van der Waals surface area contributed by atoms with Crippen LogP contribution in [0.25, 0.3) is 0 Å². The molecule has 0 bridgehead atoms. The van der Waals surface area contributed by atoms with Crippen molar-refractivity contribution in [2.75, 3.05) is 33.4 Å². The average molecular weight is 558 g/mol. The largest absolute Gasteiger partial charge is 0.356 e. The number of aryl methyl sites for hydroxylation is 1. The number of halogens is 1. The number of carbonyl (C=O) groups is 1. The second-order valence-corrected chi connectivity index (χ2v) is 9.33. The molecule has 7 nitrogen and oxygen atoms in total. The van der Waals surface area contributed by atoms with E-state index < -0.39 is 9.84 Å². The zero-order chi connectivity index (χ0) is 22.1. The van der Waals surface area contributed by atoms with E-state index in [2.05, 4.69) is 27.8 Å². The summed E-state index contributed by atoms with van der Waals surface area (Å²) in [5.74, 6) is 0.479. The number of hydrogen-bond donors (Lipinski definition) is 2. The number of benzene rings is 2. The third-order valence-electron chi connectivity index (χ3n) is 4.51. The predicted octanol–water partition coefficient (Wildman–Crippen LogP) is 2.38. The van der Waals surface area contributed by atoms with Crippen LogP contribution in [0, 0.1) is 6.92 Å². The van der Waals surface area contributed by atoms with E-state index in [1.54, 1.807) is 33.2 Å². The zero-order valence-electron chi connectivity index (χ0n) is 18.4. The molecule has 0 fully saturated rings. The quantitative estimate of drug-likeness (QED) is 0.295. The SMILES string of the molecule is Cc1cc(CN=C(NCCc2ccccc2)NCC(=O)N(C)C)ccc1S(C)(=O)=O.I. The van der Waals surface area contributed by atoms with Gasteiger partial charge in [0.2, 0.25) is 5.91 Å². The molecule has 2 aromatic rings. The molecule has 0 unspecified atom stereocenters. The average Bonchev–Trinajstić information content (AvgIpc) is 2.69. The molecule has 9 heteroatoms. The highest BCUT2D eigenvalue weighted by Gasteiger charge is 2.11. The second-order valence-electron chi connectivity index (χ2n) is 7.34. The van der Waals surface area contributed by atoms with Crippen molar-refractivity contribution in [3.63, 3.8) is 0 Å². The number of nitrogens with zero attached hydrogens (tertiary/aromatic N) is 2. The van der Waals surface area contributed by atoms with Gasteiger partial charge in [-0.2, -0.15) is 0 Å². The van der Waals surface area contributed by atoms with Crippen LogP contribution in [0.4, 0.5) is 0 Å². The van der Waals surface area contributed by atoms with Gasteiger partial charge in [0.1, 0.15) is 0 Å². The number of sulfone groups is 1. The van der Waals surface area contributed by atoms with Crippen LogP contribution in [0.1, 0.15) is 16.7 Å². The van der Waals surface area contributed by atoms with Crippen molar-refractivity contribution in [2.24, 2.45) is 4.99 Å². The lowest BCUT2D eigenvalue weighted by atomic mass is 10.1. The smallest absolute Gasteiger partial charge is 0.241 e. The zero-order valence-corrected chi connectivity index (χ0v) is 21.5. The van der Waals surface area contributed by atoms with Crippen LogP contribution in [-0.4, -0.2) is 58.6 Å². The predicted molar refractivity (Wildman–Crippen MR) is 136 cm³/mol. The summed E-state index contributed by atoms with van der Waals surface area (Å²) in [5.41, 5.74) is 2.79. The topological polar surface area (TPSA) is 90.9 Å². The highest BCUT2D eigenvalue weighted by atomic mass is 127. The minimum absolute atomic E-state index is 0. The Morgan fingerprint density at radius 3 is 2.29 bits per heavy atom. The van der Waals surface area contributed by atoms with Crippen molar-refractivity contribution in [2.45, 2.75) is 24.8 Å². The minimum atomic E-state index is -3.25. The summed E-state index contributed by atoms with van der Waals surface area (Å²) in [6, 6.07) is 15.3.